The molecule has 1 atom stereocenters. The molecule has 2 rings (SSSR count). The zero-order chi connectivity index (χ0) is 13.7. The first-order valence-corrected chi connectivity index (χ1v) is 7.60. The minimum atomic E-state index is -0.133. The summed E-state index contributed by atoms with van der Waals surface area (Å²) in [4.78, 5) is 13.2. The number of hydrogen-bond acceptors (Lipinski definition) is 2. The van der Waals surface area contributed by atoms with Crippen LogP contribution in [-0.2, 0) is 4.79 Å². The molecule has 0 fully saturated rings. The lowest BCUT2D eigenvalue weighted by molar-refractivity contribution is -0.115. The Kier molecular flexibility index (Phi) is 5.05. The smallest absolute Gasteiger partial charge is 0.237 e. The normalized spacial score (nSPS) is 11.9. The van der Waals surface area contributed by atoms with E-state index in [0.717, 1.165) is 15.1 Å². The van der Waals surface area contributed by atoms with Crippen molar-refractivity contribution in [1.82, 2.24) is 0 Å². The van der Waals surface area contributed by atoms with E-state index >= 15 is 0 Å². The maximum atomic E-state index is 12.1. The van der Waals surface area contributed by atoms with Gasteiger partial charge < -0.3 is 5.32 Å². The monoisotopic (exact) mass is 335 g/mol. The number of halogens is 1. The van der Waals surface area contributed by atoms with Gasteiger partial charge in [-0.2, -0.15) is 0 Å². The van der Waals surface area contributed by atoms with Crippen molar-refractivity contribution in [1.29, 1.82) is 0 Å². The average molecular weight is 336 g/mol. The van der Waals surface area contributed by atoms with Crippen molar-refractivity contribution in [3.8, 4) is 0 Å². The van der Waals surface area contributed by atoms with Crippen LogP contribution in [0.4, 0.5) is 5.69 Å². The van der Waals surface area contributed by atoms with Gasteiger partial charge in [0.2, 0.25) is 5.91 Å². The molecule has 0 unspecified atom stereocenters. The van der Waals surface area contributed by atoms with Crippen LogP contribution in [0.5, 0.6) is 0 Å². The van der Waals surface area contributed by atoms with Crippen molar-refractivity contribution in [3.05, 3.63) is 59.1 Å². The molecule has 0 saturated heterocycles. The van der Waals surface area contributed by atoms with Gasteiger partial charge in [-0.3, -0.25) is 4.79 Å². The highest BCUT2D eigenvalue weighted by Gasteiger charge is 2.14. The Morgan fingerprint density at radius 3 is 2.37 bits per heavy atom. The molecule has 0 saturated carbocycles. The number of amides is 1. The van der Waals surface area contributed by atoms with Crippen LogP contribution in [0.25, 0.3) is 0 Å². The van der Waals surface area contributed by atoms with Crippen molar-refractivity contribution < 1.29 is 4.79 Å². The topological polar surface area (TPSA) is 29.1 Å². The summed E-state index contributed by atoms with van der Waals surface area (Å²) >= 11 is 4.92. The molecule has 0 aliphatic carbocycles. The van der Waals surface area contributed by atoms with Crippen LogP contribution in [0.2, 0.25) is 0 Å². The summed E-state index contributed by atoms with van der Waals surface area (Å²) in [5, 5.41) is 2.78. The number of thioether (sulfide) groups is 1. The van der Waals surface area contributed by atoms with Gasteiger partial charge in [-0.15, -0.1) is 11.8 Å². The standard InChI is InChI=1S/C15H14BrNOS/c1-11(19-14-5-3-2-4-6-14)15(18)17-13-9-7-12(16)8-10-13/h2-11H,1H3,(H,17,18)/t11-/m0/s1. The first kappa shape index (κ1) is 14.2. The maximum absolute atomic E-state index is 12.1. The Balaban J connectivity index is 1.94. The van der Waals surface area contributed by atoms with Crippen LogP contribution < -0.4 is 5.32 Å². The molecule has 1 N–H and O–H groups in total. The Bertz CT molecular complexity index is 542. The van der Waals surface area contributed by atoms with Gasteiger partial charge in [0.1, 0.15) is 0 Å². The molecule has 98 valence electrons. The second-order valence-electron chi connectivity index (χ2n) is 4.07. The fourth-order valence-corrected chi connectivity index (χ4v) is 2.69. The third-order valence-electron chi connectivity index (χ3n) is 2.54. The van der Waals surface area contributed by atoms with Gasteiger partial charge in [-0.25, -0.2) is 0 Å². The third kappa shape index (κ3) is 4.40. The summed E-state index contributed by atoms with van der Waals surface area (Å²) in [6, 6.07) is 17.5. The summed E-state index contributed by atoms with van der Waals surface area (Å²) in [7, 11) is 0. The van der Waals surface area contributed by atoms with Crippen LogP contribution in [0.1, 0.15) is 6.92 Å². The zero-order valence-corrected chi connectivity index (χ0v) is 12.9. The largest absolute Gasteiger partial charge is 0.325 e. The summed E-state index contributed by atoms with van der Waals surface area (Å²) < 4.78 is 0.997. The predicted molar refractivity (Wildman–Crippen MR) is 84.5 cm³/mol. The fraction of sp³-hybridized carbons (Fsp3) is 0.133. The van der Waals surface area contributed by atoms with Gasteiger partial charge in [0, 0.05) is 15.1 Å². The van der Waals surface area contributed by atoms with Crippen molar-refractivity contribution in [2.45, 2.75) is 17.1 Å². The average Bonchev–Trinajstić information content (AvgIpc) is 2.42. The van der Waals surface area contributed by atoms with E-state index in [4.69, 9.17) is 0 Å². The highest BCUT2D eigenvalue weighted by molar-refractivity contribution is 9.10. The SMILES string of the molecule is C[C@H](Sc1ccccc1)C(=O)Nc1ccc(Br)cc1. The van der Waals surface area contributed by atoms with Crippen LogP contribution >= 0.6 is 27.7 Å². The molecule has 19 heavy (non-hydrogen) atoms. The fourth-order valence-electron chi connectivity index (χ4n) is 1.53. The predicted octanol–water partition coefficient (Wildman–Crippen LogP) is 4.57. The number of anilines is 1. The molecule has 4 heteroatoms. The molecular formula is C15H14BrNOS. The van der Waals surface area contributed by atoms with E-state index < -0.39 is 0 Å². The van der Waals surface area contributed by atoms with E-state index in [1.165, 1.54) is 0 Å². The van der Waals surface area contributed by atoms with Crippen LogP contribution in [0.3, 0.4) is 0 Å². The number of carbonyl (C=O) groups excluding carboxylic acids is 1. The quantitative estimate of drug-likeness (QED) is 0.829. The van der Waals surface area contributed by atoms with Gasteiger partial charge in [0.25, 0.3) is 0 Å². The number of nitrogens with one attached hydrogen (secondary N) is 1. The van der Waals surface area contributed by atoms with E-state index in [1.807, 2.05) is 61.5 Å². The maximum Gasteiger partial charge on any atom is 0.237 e. The Hall–Kier alpha value is -1.26. The molecule has 2 aromatic rings. The van der Waals surface area contributed by atoms with Gasteiger partial charge >= 0.3 is 0 Å². The lowest BCUT2D eigenvalue weighted by Gasteiger charge is -2.12. The second-order valence-corrected chi connectivity index (χ2v) is 6.40. The molecule has 0 bridgehead atoms. The lowest BCUT2D eigenvalue weighted by Crippen LogP contribution is -2.22. The summed E-state index contributed by atoms with van der Waals surface area (Å²) in [6.45, 7) is 1.91. The van der Waals surface area contributed by atoms with Crippen LogP contribution in [0, 0.1) is 0 Å². The Morgan fingerprint density at radius 1 is 1.11 bits per heavy atom. The number of benzene rings is 2. The van der Waals surface area contributed by atoms with Crippen LogP contribution in [0.15, 0.2) is 64.0 Å². The van der Waals surface area contributed by atoms with E-state index in [-0.39, 0.29) is 11.2 Å². The molecule has 0 heterocycles. The lowest BCUT2D eigenvalue weighted by atomic mass is 10.3. The molecule has 0 aromatic heterocycles. The van der Waals surface area contributed by atoms with E-state index in [1.54, 1.807) is 11.8 Å². The molecule has 0 aliphatic rings. The second kappa shape index (κ2) is 6.78. The van der Waals surface area contributed by atoms with Gasteiger partial charge in [-0.05, 0) is 43.3 Å². The van der Waals surface area contributed by atoms with Crippen molar-refractivity contribution in [2.75, 3.05) is 5.32 Å². The summed E-state index contributed by atoms with van der Waals surface area (Å²) in [5.74, 6) is 0.0103. The van der Waals surface area contributed by atoms with Gasteiger partial charge in [-0.1, -0.05) is 34.1 Å². The van der Waals surface area contributed by atoms with Crippen molar-refractivity contribution in [2.24, 2.45) is 0 Å². The number of hydrogen-bond donors (Lipinski definition) is 1. The highest BCUT2D eigenvalue weighted by atomic mass is 79.9. The number of rotatable bonds is 4. The Labute approximate surface area is 125 Å². The first-order chi connectivity index (χ1) is 9.15. The first-order valence-electron chi connectivity index (χ1n) is 5.93. The van der Waals surface area contributed by atoms with Crippen molar-refractivity contribution in [3.63, 3.8) is 0 Å². The van der Waals surface area contributed by atoms with Crippen LogP contribution in [-0.4, -0.2) is 11.2 Å². The molecule has 2 aromatic carbocycles. The Morgan fingerprint density at radius 2 is 1.74 bits per heavy atom. The minimum Gasteiger partial charge on any atom is -0.325 e. The molecule has 0 radical (unpaired) electrons. The molecule has 0 spiro atoms. The summed E-state index contributed by atoms with van der Waals surface area (Å²) in [5.41, 5.74) is 0.814. The highest BCUT2D eigenvalue weighted by Crippen LogP contribution is 2.24. The van der Waals surface area contributed by atoms with E-state index in [9.17, 15) is 4.79 Å². The van der Waals surface area contributed by atoms with Gasteiger partial charge in [0.05, 0.1) is 5.25 Å². The van der Waals surface area contributed by atoms with E-state index in [0.29, 0.717) is 0 Å². The van der Waals surface area contributed by atoms with E-state index in [2.05, 4.69) is 21.2 Å². The third-order valence-corrected chi connectivity index (χ3v) is 4.18. The molecule has 1 amide bonds. The van der Waals surface area contributed by atoms with Crippen molar-refractivity contribution >= 4 is 39.3 Å². The van der Waals surface area contributed by atoms with Gasteiger partial charge in [0.15, 0.2) is 0 Å². The molecule has 0 aliphatic heterocycles. The molecular weight excluding hydrogens is 322 g/mol. The molecule has 2 nitrogen and oxygen atoms in total. The summed E-state index contributed by atoms with van der Waals surface area (Å²) in [6.07, 6.45) is 0. The zero-order valence-electron chi connectivity index (χ0n) is 10.5. The minimum absolute atomic E-state index is 0.0103. The number of carbonyl (C=O) groups is 1.